The van der Waals surface area contributed by atoms with Crippen LogP contribution < -0.4 is 5.32 Å². The molecular formula is C16H22N2O2. The van der Waals surface area contributed by atoms with E-state index in [9.17, 15) is 9.90 Å². The average Bonchev–Trinajstić information content (AvgIpc) is 2.86. The van der Waals surface area contributed by atoms with Crippen LogP contribution >= 0.6 is 0 Å². The molecule has 4 nitrogen and oxygen atoms in total. The number of amides is 1. The molecule has 0 aliphatic heterocycles. The van der Waals surface area contributed by atoms with Gasteiger partial charge in [0.1, 0.15) is 0 Å². The Morgan fingerprint density at radius 3 is 2.90 bits per heavy atom. The van der Waals surface area contributed by atoms with E-state index in [0.29, 0.717) is 25.8 Å². The molecular weight excluding hydrogens is 252 g/mol. The molecule has 1 heterocycles. The van der Waals surface area contributed by atoms with Crippen LogP contribution in [-0.2, 0) is 11.2 Å². The van der Waals surface area contributed by atoms with E-state index in [0.717, 1.165) is 11.1 Å². The van der Waals surface area contributed by atoms with Crippen molar-refractivity contribution < 1.29 is 9.90 Å². The van der Waals surface area contributed by atoms with Gasteiger partial charge in [0.25, 0.3) is 0 Å². The molecule has 1 unspecified atom stereocenters. The number of hydrogen-bond donors (Lipinski definition) is 3. The predicted octanol–water partition coefficient (Wildman–Crippen LogP) is 2.38. The lowest BCUT2D eigenvalue weighted by atomic mass is 10.0. The molecule has 1 amide bonds. The van der Waals surface area contributed by atoms with Gasteiger partial charge in [0.05, 0.1) is 5.60 Å². The summed E-state index contributed by atoms with van der Waals surface area (Å²) in [6.45, 7) is 3.93. The molecule has 2 aromatic rings. The van der Waals surface area contributed by atoms with Gasteiger partial charge in [0.2, 0.25) is 5.91 Å². The van der Waals surface area contributed by atoms with Gasteiger partial charge in [-0.05, 0) is 31.4 Å². The fraction of sp³-hybridized carbons (Fsp3) is 0.438. The normalized spacial score (nSPS) is 14.2. The second-order valence-corrected chi connectivity index (χ2v) is 5.49. The molecule has 0 saturated carbocycles. The first-order chi connectivity index (χ1) is 9.52. The number of nitrogens with one attached hydrogen (secondary N) is 2. The zero-order valence-electron chi connectivity index (χ0n) is 12.1. The minimum absolute atomic E-state index is 0.0241. The largest absolute Gasteiger partial charge is 0.388 e. The number of rotatable bonds is 6. The molecule has 3 N–H and O–H groups in total. The third kappa shape index (κ3) is 3.61. The van der Waals surface area contributed by atoms with Crippen molar-refractivity contribution >= 4 is 16.8 Å². The second-order valence-electron chi connectivity index (χ2n) is 5.49. The Morgan fingerprint density at radius 2 is 2.15 bits per heavy atom. The van der Waals surface area contributed by atoms with Crippen LogP contribution in [0.25, 0.3) is 10.9 Å². The lowest BCUT2D eigenvalue weighted by molar-refractivity contribution is -0.122. The Labute approximate surface area is 119 Å². The monoisotopic (exact) mass is 274 g/mol. The molecule has 0 aliphatic rings. The fourth-order valence-corrected chi connectivity index (χ4v) is 2.09. The van der Waals surface area contributed by atoms with Crippen molar-refractivity contribution in [2.75, 3.05) is 6.54 Å². The lowest BCUT2D eigenvalue weighted by Crippen LogP contribution is -2.40. The van der Waals surface area contributed by atoms with Gasteiger partial charge in [-0.3, -0.25) is 4.79 Å². The number of fused-ring (bicyclic) bond motifs is 1. The maximum Gasteiger partial charge on any atom is 0.220 e. The summed E-state index contributed by atoms with van der Waals surface area (Å²) in [4.78, 5) is 15.0. The summed E-state index contributed by atoms with van der Waals surface area (Å²) in [5.41, 5.74) is 1.42. The maximum absolute atomic E-state index is 11.8. The van der Waals surface area contributed by atoms with Gasteiger partial charge in [-0.1, -0.05) is 25.1 Å². The van der Waals surface area contributed by atoms with Crippen LogP contribution in [0.2, 0.25) is 0 Å². The first kappa shape index (κ1) is 14.6. The van der Waals surface area contributed by atoms with E-state index in [4.69, 9.17) is 0 Å². The summed E-state index contributed by atoms with van der Waals surface area (Å²) < 4.78 is 0. The van der Waals surface area contributed by atoms with E-state index in [1.165, 1.54) is 5.39 Å². The molecule has 0 saturated heterocycles. The van der Waals surface area contributed by atoms with Gasteiger partial charge in [0.15, 0.2) is 0 Å². The van der Waals surface area contributed by atoms with Crippen molar-refractivity contribution in [2.24, 2.45) is 0 Å². The zero-order chi connectivity index (χ0) is 14.6. The Hall–Kier alpha value is -1.81. The van der Waals surface area contributed by atoms with Crippen LogP contribution in [0.3, 0.4) is 0 Å². The summed E-state index contributed by atoms with van der Waals surface area (Å²) in [6, 6.07) is 8.07. The SMILES string of the molecule is CCC(C)(O)CNC(=O)CCc1c[nH]c2ccccc12. The summed E-state index contributed by atoms with van der Waals surface area (Å²) >= 11 is 0. The molecule has 4 heteroatoms. The maximum atomic E-state index is 11.8. The van der Waals surface area contributed by atoms with Gasteiger partial charge in [0, 0.05) is 30.1 Å². The Kier molecular flexibility index (Phi) is 4.45. The predicted molar refractivity (Wildman–Crippen MR) is 80.5 cm³/mol. The van der Waals surface area contributed by atoms with Crippen LogP contribution in [-0.4, -0.2) is 28.1 Å². The first-order valence-corrected chi connectivity index (χ1v) is 7.06. The number of H-pyrrole nitrogens is 1. The van der Waals surface area contributed by atoms with Crippen molar-refractivity contribution in [1.82, 2.24) is 10.3 Å². The number of carbonyl (C=O) groups excluding carboxylic acids is 1. The number of benzene rings is 1. The van der Waals surface area contributed by atoms with Gasteiger partial charge >= 0.3 is 0 Å². The van der Waals surface area contributed by atoms with Crippen LogP contribution in [0, 0.1) is 0 Å². The van der Waals surface area contributed by atoms with Crippen LogP contribution in [0.5, 0.6) is 0 Å². The number of hydrogen-bond acceptors (Lipinski definition) is 2. The summed E-state index contributed by atoms with van der Waals surface area (Å²) in [7, 11) is 0. The van der Waals surface area contributed by atoms with Crippen molar-refractivity contribution in [2.45, 2.75) is 38.7 Å². The second kappa shape index (κ2) is 6.09. The molecule has 0 aliphatic carbocycles. The van der Waals surface area contributed by atoms with Gasteiger partial charge in [-0.25, -0.2) is 0 Å². The highest BCUT2D eigenvalue weighted by Gasteiger charge is 2.18. The summed E-state index contributed by atoms with van der Waals surface area (Å²) in [6.07, 6.45) is 3.71. The minimum atomic E-state index is -0.823. The smallest absolute Gasteiger partial charge is 0.220 e. The van der Waals surface area contributed by atoms with Crippen molar-refractivity contribution in [1.29, 1.82) is 0 Å². The van der Waals surface area contributed by atoms with E-state index in [1.54, 1.807) is 6.92 Å². The number of aromatic nitrogens is 1. The number of aryl methyl sites for hydroxylation is 1. The molecule has 1 aromatic heterocycles. The fourth-order valence-electron chi connectivity index (χ4n) is 2.09. The molecule has 108 valence electrons. The topological polar surface area (TPSA) is 65.1 Å². The van der Waals surface area contributed by atoms with Gasteiger partial charge in [-0.15, -0.1) is 0 Å². The highest BCUT2D eigenvalue weighted by Crippen LogP contribution is 2.18. The van der Waals surface area contributed by atoms with E-state index in [2.05, 4.69) is 16.4 Å². The quantitative estimate of drug-likeness (QED) is 0.757. The van der Waals surface area contributed by atoms with Gasteiger partial charge < -0.3 is 15.4 Å². The average molecular weight is 274 g/mol. The first-order valence-electron chi connectivity index (χ1n) is 7.06. The van der Waals surface area contributed by atoms with Crippen molar-refractivity contribution in [3.8, 4) is 0 Å². The van der Waals surface area contributed by atoms with E-state index >= 15 is 0 Å². The number of carbonyl (C=O) groups is 1. The Bertz CT molecular complexity index is 587. The molecule has 2 rings (SSSR count). The van der Waals surface area contributed by atoms with Crippen molar-refractivity contribution in [3.63, 3.8) is 0 Å². The standard InChI is InChI=1S/C16H22N2O2/c1-3-16(2,20)11-18-15(19)9-8-12-10-17-14-7-5-4-6-13(12)14/h4-7,10,17,20H,3,8-9,11H2,1-2H3,(H,18,19). The van der Waals surface area contributed by atoms with Crippen molar-refractivity contribution in [3.05, 3.63) is 36.0 Å². The number of para-hydroxylation sites is 1. The molecule has 0 radical (unpaired) electrons. The van der Waals surface area contributed by atoms with E-state index in [-0.39, 0.29) is 5.91 Å². The molecule has 1 aromatic carbocycles. The highest BCUT2D eigenvalue weighted by molar-refractivity contribution is 5.84. The molecule has 20 heavy (non-hydrogen) atoms. The molecule has 0 bridgehead atoms. The minimum Gasteiger partial charge on any atom is -0.388 e. The summed E-state index contributed by atoms with van der Waals surface area (Å²) in [5.74, 6) is -0.0241. The third-order valence-corrected chi connectivity index (χ3v) is 3.72. The Morgan fingerprint density at radius 1 is 1.40 bits per heavy atom. The molecule has 1 atom stereocenters. The summed E-state index contributed by atoms with van der Waals surface area (Å²) in [5, 5.41) is 13.8. The Balaban J connectivity index is 1.87. The molecule has 0 spiro atoms. The zero-order valence-corrected chi connectivity index (χ0v) is 12.1. The lowest BCUT2D eigenvalue weighted by Gasteiger charge is -2.21. The number of aromatic amines is 1. The van der Waals surface area contributed by atoms with E-state index < -0.39 is 5.60 Å². The number of aliphatic hydroxyl groups is 1. The molecule has 0 fully saturated rings. The van der Waals surface area contributed by atoms with Crippen LogP contribution in [0.15, 0.2) is 30.5 Å². The van der Waals surface area contributed by atoms with Crippen LogP contribution in [0.4, 0.5) is 0 Å². The van der Waals surface area contributed by atoms with Gasteiger partial charge in [-0.2, -0.15) is 0 Å². The highest BCUT2D eigenvalue weighted by atomic mass is 16.3. The van der Waals surface area contributed by atoms with Crippen LogP contribution in [0.1, 0.15) is 32.3 Å². The van der Waals surface area contributed by atoms with E-state index in [1.807, 2.05) is 31.3 Å². The third-order valence-electron chi connectivity index (χ3n) is 3.72.